The first-order valence-corrected chi connectivity index (χ1v) is 8.86. The van der Waals surface area contributed by atoms with Gasteiger partial charge in [-0.25, -0.2) is 0 Å². The van der Waals surface area contributed by atoms with Gasteiger partial charge in [0.1, 0.15) is 0 Å². The van der Waals surface area contributed by atoms with Crippen molar-refractivity contribution in [1.82, 2.24) is 15.5 Å². The Balaban J connectivity index is 1.83. The molecule has 0 aromatic carbocycles. The van der Waals surface area contributed by atoms with E-state index in [4.69, 9.17) is 4.74 Å². The topological polar surface area (TPSA) is 48.9 Å². The molecule has 5 nitrogen and oxygen atoms in total. The van der Waals surface area contributed by atoms with Gasteiger partial charge in [-0.1, -0.05) is 25.7 Å². The highest BCUT2D eigenvalue weighted by atomic mass is 16.5. The van der Waals surface area contributed by atoms with Gasteiger partial charge in [0, 0.05) is 38.2 Å². The van der Waals surface area contributed by atoms with Crippen molar-refractivity contribution in [2.24, 2.45) is 10.9 Å². The number of ether oxygens (including phenoxy) is 1. The van der Waals surface area contributed by atoms with E-state index < -0.39 is 0 Å². The molecule has 1 saturated carbocycles. The van der Waals surface area contributed by atoms with Crippen LogP contribution in [0.2, 0.25) is 0 Å². The van der Waals surface area contributed by atoms with Crippen LogP contribution in [0.3, 0.4) is 0 Å². The molecule has 1 unspecified atom stereocenters. The number of hydrogen-bond donors (Lipinski definition) is 2. The Bertz CT molecular complexity index is 343. The summed E-state index contributed by atoms with van der Waals surface area (Å²) < 4.78 is 5.43. The molecule has 5 heteroatoms. The van der Waals surface area contributed by atoms with Crippen molar-refractivity contribution in [2.45, 2.75) is 50.5 Å². The van der Waals surface area contributed by atoms with E-state index in [9.17, 15) is 0 Å². The molecule has 1 aliphatic heterocycles. The van der Waals surface area contributed by atoms with Crippen LogP contribution in [-0.4, -0.2) is 63.8 Å². The summed E-state index contributed by atoms with van der Waals surface area (Å²) >= 11 is 0. The Morgan fingerprint density at radius 1 is 1.18 bits per heavy atom. The fourth-order valence-electron chi connectivity index (χ4n) is 3.62. The van der Waals surface area contributed by atoms with Crippen LogP contribution in [0.1, 0.15) is 44.9 Å². The lowest BCUT2D eigenvalue weighted by molar-refractivity contribution is 0.132. The first kappa shape index (κ1) is 17.5. The number of aliphatic imine (C=N–C) groups is 1. The van der Waals surface area contributed by atoms with Crippen molar-refractivity contribution >= 4 is 5.96 Å². The lowest BCUT2D eigenvalue weighted by atomic mass is 9.89. The van der Waals surface area contributed by atoms with Crippen molar-refractivity contribution in [3.63, 3.8) is 0 Å². The zero-order valence-electron chi connectivity index (χ0n) is 14.7. The molecule has 0 bridgehead atoms. The first-order valence-electron chi connectivity index (χ1n) is 8.86. The van der Waals surface area contributed by atoms with Gasteiger partial charge in [-0.3, -0.25) is 4.99 Å². The van der Waals surface area contributed by atoms with Crippen LogP contribution in [0.25, 0.3) is 0 Å². The number of guanidine groups is 1. The van der Waals surface area contributed by atoms with Crippen LogP contribution in [0.5, 0.6) is 0 Å². The van der Waals surface area contributed by atoms with E-state index in [1.165, 1.54) is 38.5 Å². The third kappa shape index (κ3) is 4.85. The van der Waals surface area contributed by atoms with Gasteiger partial charge in [0.25, 0.3) is 0 Å². The Morgan fingerprint density at radius 2 is 1.91 bits per heavy atom. The number of likely N-dealkylation sites (N-methyl/N-ethyl adjacent to an activating group) is 1. The minimum absolute atomic E-state index is 0.268. The smallest absolute Gasteiger partial charge is 0.191 e. The zero-order valence-corrected chi connectivity index (χ0v) is 14.7. The maximum absolute atomic E-state index is 5.43. The minimum atomic E-state index is 0.268. The average Bonchev–Trinajstić information content (AvgIpc) is 2.91. The Morgan fingerprint density at radius 3 is 2.45 bits per heavy atom. The van der Waals surface area contributed by atoms with Gasteiger partial charge in [-0.2, -0.15) is 0 Å². The third-order valence-corrected chi connectivity index (χ3v) is 5.37. The number of hydrogen-bond acceptors (Lipinski definition) is 3. The van der Waals surface area contributed by atoms with Crippen molar-refractivity contribution < 1.29 is 4.74 Å². The zero-order chi connectivity index (χ0) is 15.8. The molecule has 2 fully saturated rings. The summed E-state index contributed by atoms with van der Waals surface area (Å²) in [4.78, 5) is 6.80. The molecule has 1 atom stereocenters. The maximum atomic E-state index is 5.43. The number of rotatable bonds is 5. The highest BCUT2D eigenvalue weighted by Gasteiger charge is 2.33. The fourth-order valence-corrected chi connectivity index (χ4v) is 3.62. The van der Waals surface area contributed by atoms with Crippen molar-refractivity contribution in [2.75, 3.05) is 47.4 Å². The van der Waals surface area contributed by atoms with Crippen molar-refractivity contribution in [1.29, 1.82) is 0 Å². The van der Waals surface area contributed by atoms with Crippen LogP contribution in [0.15, 0.2) is 4.99 Å². The predicted molar refractivity (Wildman–Crippen MR) is 92.4 cm³/mol. The molecule has 0 amide bonds. The Kier molecular flexibility index (Phi) is 6.96. The molecule has 0 spiro atoms. The van der Waals surface area contributed by atoms with E-state index in [0.717, 1.165) is 38.7 Å². The lowest BCUT2D eigenvalue weighted by Crippen LogP contribution is -2.54. The molecule has 1 heterocycles. The van der Waals surface area contributed by atoms with Gasteiger partial charge in [-0.15, -0.1) is 0 Å². The molecule has 1 aliphatic carbocycles. The summed E-state index contributed by atoms with van der Waals surface area (Å²) in [6.45, 7) is 3.71. The number of nitrogens with zero attached hydrogens (tertiary/aromatic N) is 2. The summed E-state index contributed by atoms with van der Waals surface area (Å²) in [5.41, 5.74) is 0.268. The molecule has 2 N–H and O–H groups in total. The highest BCUT2D eigenvalue weighted by molar-refractivity contribution is 5.79. The van der Waals surface area contributed by atoms with Gasteiger partial charge in [0.05, 0.1) is 6.61 Å². The van der Waals surface area contributed by atoms with Gasteiger partial charge in [-0.05, 0) is 33.4 Å². The normalized spacial score (nSPS) is 26.0. The molecule has 2 rings (SSSR count). The predicted octanol–water partition coefficient (Wildman–Crippen LogP) is 1.84. The molecular formula is C17H34N4O. The van der Waals surface area contributed by atoms with E-state index in [1.54, 1.807) is 0 Å². The summed E-state index contributed by atoms with van der Waals surface area (Å²) in [6.07, 6.45) is 9.15. The molecule has 128 valence electrons. The molecule has 0 radical (unpaired) electrons. The summed E-state index contributed by atoms with van der Waals surface area (Å²) in [5.74, 6) is 1.55. The molecule has 2 aliphatic rings. The fraction of sp³-hybridized carbons (Fsp3) is 0.941. The van der Waals surface area contributed by atoms with Crippen LogP contribution < -0.4 is 10.6 Å². The molecular weight excluding hydrogens is 276 g/mol. The third-order valence-electron chi connectivity index (χ3n) is 5.37. The van der Waals surface area contributed by atoms with Crippen molar-refractivity contribution in [3.8, 4) is 0 Å². The second-order valence-electron chi connectivity index (χ2n) is 7.07. The van der Waals surface area contributed by atoms with Crippen molar-refractivity contribution in [3.05, 3.63) is 0 Å². The van der Waals surface area contributed by atoms with Gasteiger partial charge >= 0.3 is 0 Å². The minimum Gasteiger partial charge on any atom is -0.381 e. The summed E-state index contributed by atoms with van der Waals surface area (Å²) in [5, 5.41) is 7.03. The van der Waals surface area contributed by atoms with E-state index in [0.29, 0.717) is 5.92 Å². The number of nitrogens with one attached hydrogen (secondary N) is 2. The first-order chi connectivity index (χ1) is 10.7. The SMILES string of the molecule is CN=C(NCC1CCOC1)NCC1(N(C)C)CCCCCC1. The highest BCUT2D eigenvalue weighted by Crippen LogP contribution is 2.30. The van der Waals surface area contributed by atoms with Crippen LogP contribution in [0.4, 0.5) is 0 Å². The average molecular weight is 310 g/mol. The molecule has 0 aromatic rings. The molecule has 1 saturated heterocycles. The largest absolute Gasteiger partial charge is 0.381 e. The Labute approximate surface area is 135 Å². The quantitative estimate of drug-likeness (QED) is 0.462. The molecule has 0 aromatic heterocycles. The van der Waals surface area contributed by atoms with Gasteiger partial charge < -0.3 is 20.3 Å². The van der Waals surface area contributed by atoms with E-state index in [1.807, 2.05) is 7.05 Å². The van der Waals surface area contributed by atoms with E-state index in [2.05, 4.69) is 34.6 Å². The monoisotopic (exact) mass is 310 g/mol. The van der Waals surface area contributed by atoms with E-state index in [-0.39, 0.29) is 5.54 Å². The summed E-state index contributed by atoms with van der Waals surface area (Å²) in [7, 11) is 6.30. The molecule has 22 heavy (non-hydrogen) atoms. The second-order valence-corrected chi connectivity index (χ2v) is 7.07. The maximum Gasteiger partial charge on any atom is 0.191 e. The summed E-state index contributed by atoms with van der Waals surface area (Å²) in [6, 6.07) is 0. The van der Waals surface area contributed by atoms with Crippen LogP contribution >= 0.6 is 0 Å². The van der Waals surface area contributed by atoms with Gasteiger partial charge in [0.15, 0.2) is 5.96 Å². The van der Waals surface area contributed by atoms with Gasteiger partial charge in [0.2, 0.25) is 0 Å². The van der Waals surface area contributed by atoms with Crippen LogP contribution in [-0.2, 0) is 4.74 Å². The second kappa shape index (κ2) is 8.73. The van der Waals surface area contributed by atoms with E-state index >= 15 is 0 Å². The van der Waals surface area contributed by atoms with Crippen LogP contribution in [0, 0.1) is 5.92 Å². The standard InChI is InChI=1S/C17H34N4O/c1-18-16(19-12-15-8-11-22-13-15)20-14-17(21(2)3)9-6-4-5-7-10-17/h15H,4-14H2,1-3H3,(H2,18,19,20). The lowest BCUT2D eigenvalue weighted by Gasteiger charge is -2.40. The Hall–Kier alpha value is -0.810.